The van der Waals surface area contributed by atoms with Crippen molar-refractivity contribution in [2.45, 2.75) is 37.6 Å². The lowest BCUT2D eigenvalue weighted by molar-refractivity contribution is -0.150. The van der Waals surface area contributed by atoms with Crippen LogP contribution in [-0.4, -0.2) is 39.4 Å². The van der Waals surface area contributed by atoms with Gasteiger partial charge in [-0.2, -0.15) is 5.10 Å². The minimum absolute atomic E-state index is 0.187. The van der Waals surface area contributed by atoms with Crippen molar-refractivity contribution in [1.29, 1.82) is 0 Å². The zero-order valence-electron chi connectivity index (χ0n) is 17.8. The molecule has 4 heterocycles. The highest BCUT2D eigenvalue weighted by atomic mass is 79.9. The summed E-state index contributed by atoms with van der Waals surface area (Å²) >= 11 is 3.65. The first-order valence-electron chi connectivity index (χ1n) is 11.2. The average molecular weight is 489 g/mol. The number of likely N-dealkylation sites (tertiary alicyclic amines) is 1. The highest BCUT2D eigenvalue weighted by Gasteiger charge is 2.51. The number of aromatic nitrogens is 1. The summed E-state index contributed by atoms with van der Waals surface area (Å²) in [5, 5.41) is 7.41. The maximum absolute atomic E-state index is 6.77. The molecule has 1 fully saturated rings. The van der Waals surface area contributed by atoms with E-state index in [-0.39, 0.29) is 6.04 Å². The monoisotopic (exact) mass is 488 g/mol. The number of benzene rings is 2. The Hall–Kier alpha value is -2.70. The molecule has 0 amide bonds. The molecule has 3 aliphatic heterocycles. The zero-order chi connectivity index (χ0) is 21.5. The Labute approximate surface area is 196 Å². The topological polar surface area (TPSA) is 41.0 Å². The van der Waals surface area contributed by atoms with Gasteiger partial charge in [0.05, 0.1) is 11.8 Å². The molecule has 32 heavy (non-hydrogen) atoms. The highest BCUT2D eigenvalue weighted by molar-refractivity contribution is 9.10. The van der Waals surface area contributed by atoms with E-state index in [1.165, 1.54) is 11.1 Å². The number of fused-ring (bicyclic) bond motifs is 4. The summed E-state index contributed by atoms with van der Waals surface area (Å²) in [7, 11) is 0. The lowest BCUT2D eigenvalue weighted by atomic mass is 9.90. The van der Waals surface area contributed by atoms with Crippen LogP contribution in [0.25, 0.3) is 0 Å². The average Bonchev–Trinajstić information content (AvgIpc) is 3.30. The summed E-state index contributed by atoms with van der Waals surface area (Å²) in [5.74, 6) is 0.994. The van der Waals surface area contributed by atoms with E-state index in [1.54, 1.807) is 0 Å². The van der Waals surface area contributed by atoms with Crippen molar-refractivity contribution in [3.05, 3.63) is 94.2 Å². The van der Waals surface area contributed by atoms with E-state index in [1.807, 2.05) is 18.5 Å². The number of hydrogen-bond acceptors (Lipinski definition) is 5. The fourth-order valence-corrected chi connectivity index (χ4v) is 5.57. The van der Waals surface area contributed by atoms with Gasteiger partial charge in [0.25, 0.3) is 0 Å². The minimum Gasteiger partial charge on any atom is -0.466 e. The van der Waals surface area contributed by atoms with Crippen molar-refractivity contribution in [3.63, 3.8) is 0 Å². The van der Waals surface area contributed by atoms with Crippen LogP contribution >= 0.6 is 15.9 Å². The minimum atomic E-state index is -0.400. The number of rotatable bonds is 3. The van der Waals surface area contributed by atoms with Gasteiger partial charge < -0.3 is 4.74 Å². The maximum atomic E-state index is 6.77. The fourth-order valence-electron chi connectivity index (χ4n) is 5.19. The quantitative estimate of drug-likeness (QED) is 0.496. The van der Waals surface area contributed by atoms with E-state index < -0.39 is 5.72 Å². The molecule has 2 aromatic carbocycles. The van der Waals surface area contributed by atoms with Crippen LogP contribution in [0.3, 0.4) is 0 Å². The van der Waals surface area contributed by atoms with Crippen LogP contribution in [0.2, 0.25) is 0 Å². The van der Waals surface area contributed by atoms with Crippen LogP contribution in [0, 0.1) is 0 Å². The fraction of sp³-hybridized carbons (Fsp3) is 0.308. The molecule has 0 radical (unpaired) electrons. The molecule has 5 nitrogen and oxygen atoms in total. The van der Waals surface area contributed by atoms with Gasteiger partial charge in [0.1, 0.15) is 5.75 Å². The van der Waals surface area contributed by atoms with Crippen LogP contribution in [-0.2, 0) is 6.54 Å². The molecule has 0 saturated carbocycles. The van der Waals surface area contributed by atoms with Crippen molar-refractivity contribution in [3.8, 4) is 5.75 Å². The lowest BCUT2D eigenvalue weighted by Crippen LogP contribution is -2.59. The van der Waals surface area contributed by atoms with Gasteiger partial charge in [0.2, 0.25) is 5.72 Å². The summed E-state index contributed by atoms with van der Waals surface area (Å²) in [6.45, 7) is 2.96. The molecular weight excluding hydrogens is 464 g/mol. The standard InChI is InChI=1S/C26H25BrN4O/c27-21-8-9-25-22(15-21)24-16-23(20-7-4-12-28-17-20)29-31(24)26(32-25)10-13-30(14-11-26)18-19-5-2-1-3-6-19/h1-9,12,15,17,24H,10-11,13-14,16,18H2/t24-/m1/s1. The van der Waals surface area contributed by atoms with Gasteiger partial charge in [0.15, 0.2) is 0 Å². The van der Waals surface area contributed by atoms with E-state index in [9.17, 15) is 0 Å². The predicted octanol–water partition coefficient (Wildman–Crippen LogP) is 5.38. The molecule has 0 bridgehead atoms. The van der Waals surface area contributed by atoms with E-state index in [2.05, 4.69) is 85.4 Å². The summed E-state index contributed by atoms with van der Waals surface area (Å²) < 4.78 is 7.84. The summed E-state index contributed by atoms with van der Waals surface area (Å²) in [6.07, 6.45) is 6.44. The number of hydrogen-bond donors (Lipinski definition) is 0. The molecular formula is C26H25BrN4O. The van der Waals surface area contributed by atoms with Crippen LogP contribution in [0.1, 0.15) is 42.0 Å². The Kier molecular flexibility index (Phi) is 5.00. The summed E-state index contributed by atoms with van der Waals surface area (Å²) in [6, 6.07) is 21.3. The summed E-state index contributed by atoms with van der Waals surface area (Å²) in [4.78, 5) is 6.84. The Morgan fingerprint density at radius 1 is 1.03 bits per heavy atom. The Bertz CT molecular complexity index is 1140. The van der Waals surface area contributed by atoms with E-state index in [4.69, 9.17) is 9.84 Å². The van der Waals surface area contributed by atoms with Crippen LogP contribution in [0.15, 0.2) is 82.6 Å². The third-order valence-electron chi connectivity index (χ3n) is 6.84. The van der Waals surface area contributed by atoms with Crippen LogP contribution in [0.5, 0.6) is 5.75 Å². The van der Waals surface area contributed by atoms with Gasteiger partial charge in [-0.1, -0.05) is 52.3 Å². The molecule has 1 aromatic heterocycles. The molecule has 0 unspecified atom stereocenters. The molecule has 3 aliphatic rings. The van der Waals surface area contributed by atoms with E-state index in [0.717, 1.165) is 60.4 Å². The Balaban J connectivity index is 1.31. The van der Waals surface area contributed by atoms with Crippen molar-refractivity contribution in [2.75, 3.05) is 13.1 Å². The maximum Gasteiger partial charge on any atom is 0.200 e. The van der Waals surface area contributed by atoms with Gasteiger partial charge in [-0.15, -0.1) is 0 Å². The SMILES string of the molecule is Brc1ccc2c(c1)[C@H]1CC(c3cccnc3)=NN1C1(CCN(Cc3ccccc3)CC1)O2. The Morgan fingerprint density at radius 3 is 2.66 bits per heavy atom. The van der Waals surface area contributed by atoms with Crippen molar-refractivity contribution < 1.29 is 4.74 Å². The number of nitrogens with zero attached hydrogens (tertiary/aromatic N) is 4. The first-order valence-corrected chi connectivity index (χ1v) is 12.0. The molecule has 3 aromatic rings. The Morgan fingerprint density at radius 2 is 1.88 bits per heavy atom. The van der Waals surface area contributed by atoms with Crippen LogP contribution in [0.4, 0.5) is 0 Å². The number of piperidine rings is 1. The first kappa shape index (κ1) is 19.9. The second kappa shape index (κ2) is 8.01. The van der Waals surface area contributed by atoms with Gasteiger partial charge in [-0.05, 0) is 29.8 Å². The molecule has 6 heteroatoms. The first-order chi connectivity index (χ1) is 15.7. The molecule has 1 atom stereocenters. The second-order valence-electron chi connectivity index (χ2n) is 8.85. The number of hydrazone groups is 1. The molecule has 0 N–H and O–H groups in total. The highest BCUT2D eigenvalue weighted by Crippen LogP contribution is 2.50. The van der Waals surface area contributed by atoms with Gasteiger partial charge in [0, 0.05) is 66.9 Å². The molecule has 6 rings (SSSR count). The smallest absolute Gasteiger partial charge is 0.200 e. The predicted molar refractivity (Wildman–Crippen MR) is 128 cm³/mol. The number of ether oxygens (including phenoxy) is 1. The zero-order valence-corrected chi connectivity index (χ0v) is 19.4. The third-order valence-corrected chi connectivity index (χ3v) is 7.33. The molecule has 1 saturated heterocycles. The van der Waals surface area contributed by atoms with Gasteiger partial charge >= 0.3 is 0 Å². The lowest BCUT2D eigenvalue weighted by Gasteiger charge is -2.51. The van der Waals surface area contributed by atoms with E-state index in [0.29, 0.717) is 0 Å². The largest absolute Gasteiger partial charge is 0.466 e. The van der Waals surface area contributed by atoms with Gasteiger partial charge in [-0.3, -0.25) is 9.88 Å². The summed E-state index contributed by atoms with van der Waals surface area (Å²) in [5.41, 5.74) is 4.35. The normalized spacial score (nSPS) is 21.6. The second-order valence-corrected chi connectivity index (χ2v) is 9.76. The number of halogens is 1. The molecule has 0 aliphatic carbocycles. The van der Waals surface area contributed by atoms with Crippen molar-refractivity contribution in [2.24, 2.45) is 5.10 Å². The molecule has 1 spiro atoms. The third kappa shape index (κ3) is 3.51. The van der Waals surface area contributed by atoms with E-state index >= 15 is 0 Å². The number of pyridine rings is 1. The van der Waals surface area contributed by atoms with Crippen LogP contribution < -0.4 is 4.74 Å². The van der Waals surface area contributed by atoms with Crippen molar-refractivity contribution in [1.82, 2.24) is 14.9 Å². The molecule has 162 valence electrons. The van der Waals surface area contributed by atoms with Gasteiger partial charge in [-0.25, -0.2) is 5.01 Å². The van der Waals surface area contributed by atoms with Crippen molar-refractivity contribution >= 4 is 21.6 Å².